The molecule has 0 aliphatic carbocycles. The summed E-state index contributed by atoms with van der Waals surface area (Å²) in [4.78, 5) is 51.2. The topological polar surface area (TPSA) is 117 Å². The fourth-order valence-corrected chi connectivity index (χ4v) is 3.09. The van der Waals surface area contributed by atoms with E-state index in [1.54, 1.807) is 27.7 Å². The van der Waals surface area contributed by atoms with Gasteiger partial charge in [-0.1, -0.05) is 25.5 Å². The molecule has 1 rings (SSSR count). The number of rotatable bonds is 8. The Kier molecular flexibility index (Phi) is 9.37. The van der Waals surface area contributed by atoms with Gasteiger partial charge in [-0.3, -0.25) is 9.59 Å². The van der Waals surface area contributed by atoms with Gasteiger partial charge in [0.25, 0.3) is 0 Å². The Labute approximate surface area is 171 Å². The second-order valence-corrected chi connectivity index (χ2v) is 7.49. The van der Waals surface area contributed by atoms with Crippen LogP contribution in [0.25, 0.3) is 0 Å². The van der Waals surface area contributed by atoms with E-state index in [1.165, 1.54) is 24.2 Å². The van der Waals surface area contributed by atoms with Crippen molar-refractivity contribution in [3.8, 4) is 0 Å². The van der Waals surface area contributed by atoms with Crippen LogP contribution in [0.5, 0.6) is 0 Å². The average molecular weight is 408 g/mol. The molecule has 0 aromatic heterocycles. The summed E-state index contributed by atoms with van der Waals surface area (Å²) in [5.74, 6) is -1.62. The fourth-order valence-electron chi connectivity index (χ4n) is 3.09. The van der Waals surface area contributed by atoms with Crippen molar-refractivity contribution in [3.05, 3.63) is 24.3 Å². The van der Waals surface area contributed by atoms with Crippen molar-refractivity contribution >= 4 is 23.8 Å². The minimum Gasteiger partial charge on any atom is -0.467 e. The number of allylic oxidation sites excluding steroid dienone is 1. The van der Waals surface area contributed by atoms with Gasteiger partial charge in [0, 0.05) is 19.2 Å². The average Bonchev–Trinajstić information content (AvgIpc) is 3.06. The van der Waals surface area contributed by atoms with Gasteiger partial charge < -0.3 is 25.6 Å². The summed E-state index contributed by atoms with van der Waals surface area (Å²) in [5, 5.41) is 8.01. The first-order valence-electron chi connectivity index (χ1n) is 9.61. The molecular formula is C20H32N4O5. The van der Waals surface area contributed by atoms with Gasteiger partial charge in [-0.2, -0.15) is 0 Å². The number of carbonyl (C=O) groups excluding carboxylic acids is 4. The maximum absolute atomic E-state index is 13.1. The predicted octanol–water partition coefficient (Wildman–Crippen LogP) is 0.721. The van der Waals surface area contributed by atoms with Crippen LogP contribution in [0, 0.1) is 5.92 Å². The Morgan fingerprint density at radius 1 is 1.24 bits per heavy atom. The summed E-state index contributed by atoms with van der Waals surface area (Å²) in [7, 11) is 1.25. The zero-order chi connectivity index (χ0) is 22.1. The van der Waals surface area contributed by atoms with Crippen LogP contribution in [0.2, 0.25) is 0 Å². The van der Waals surface area contributed by atoms with E-state index in [9.17, 15) is 19.2 Å². The third kappa shape index (κ3) is 6.92. The van der Waals surface area contributed by atoms with Gasteiger partial charge in [-0.15, -0.1) is 6.58 Å². The molecule has 9 nitrogen and oxygen atoms in total. The van der Waals surface area contributed by atoms with Crippen LogP contribution < -0.4 is 16.0 Å². The van der Waals surface area contributed by atoms with Crippen LogP contribution in [-0.4, -0.2) is 67.0 Å². The molecule has 9 heteroatoms. The molecule has 0 aromatic rings. The minimum absolute atomic E-state index is 0.211. The monoisotopic (exact) mass is 408 g/mol. The van der Waals surface area contributed by atoms with E-state index in [-0.39, 0.29) is 18.4 Å². The van der Waals surface area contributed by atoms with Crippen LogP contribution in [-0.2, 0) is 19.1 Å². The molecule has 0 saturated carbocycles. The molecule has 29 heavy (non-hydrogen) atoms. The van der Waals surface area contributed by atoms with Crippen LogP contribution in [0.3, 0.4) is 0 Å². The number of esters is 1. The first-order valence-corrected chi connectivity index (χ1v) is 9.61. The molecule has 3 unspecified atom stereocenters. The number of hydrogen-bond donors (Lipinski definition) is 3. The van der Waals surface area contributed by atoms with Crippen molar-refractivity contribution in [3.63, 3.8) is 0 Å². The number of ether oxygens (including phenoxy) is 1. The van der Waals surface area contributed by atoms with E-state index < -0.39 is 36.0 Å². The molecule has 4 amide bonds. The van der Waals surface area contributed by atoms with Gasteiger partial charge in [-0.25, -0.2) is 9.59 Å². The van der Waals surface area contributed by atoms with Crippen molar-refractivity contribution in [2.45, 2.75) is 52.2 Å². The maximum Gasteiger partial charge on any atom is 0.328 e. The standard InChI is InChI=1S/C20H32N4O5/c1-7-9-21-20(28)22-14-8-10-24(15(25)11-12(2)3)17(14)18(26)23-16(13(4)5)19(27)29-6/h7,11,13-14,16-17H,1,8-10H2,2-6H3,(H,23,26)(H2,21,22,28). The Balaban J connectivity index is 3.09. The Morgan fingerprint density at radius 3 is 2.41 bits per heavy atom. The Hall–Kier alpha value is -2.84. The van der Waals surface area contributed by atoms with E-state index in [2.05, 4.69) is 22.5 Å². The first-order chi connectivity index (χ1) is 13.6. The number of methoxy groups -OCH3 is 1. The van der Waals surface area contributed by atoms with E-state index in [0.717, 1.165) is 5.57 Å². The van der Waals surface area contributed by atoms with E-state index in [4.69, 9.17) is 4.74 Å². The van der Waals surface area contributed by atoms with Crippen molar-refractivity contribution in [1.82, 2.24) is 20.9 Å². The van der Waals surface area contributed by atoms with Gasteiger partial charge in [-0.05, 0) is 26.2 Å². The molecule has 1 saturated heterocycles. The maximum atomic E-state index is 13.1. The van der Waals surface area contributed by atoms with E-state index >= 15 is 0 Å². The van der Waals surface area contributed by atoms with Gasteiger partial charge in [0.05, 0.1) is 13.2 Å². The van der Waals surface area contributed by atoms with Crippen molar-refractivity contribution in [1.29, 1.82) is 0 Å². The third-order valence-electron chi connectivity index (χ3n) is 4.50. The molecule has 0 spiro atoms. The number of amides is 4. The zero-order valence-corrected chi connectivity index (χ0v) is 17.8. The van der Waals surface area contributed by atoms with Crippen LogP contribution in [0.4, 0.5) is 4.79 Å². The highest BCUT2D eigenvalue weighted by Gasteiger charge is 2.43. The summed E-state index contributed by atoms with van der Waals surface area (Å²) in [5.41, 5.74) is 0.795. The molecule has 0 bridgehead atoms. The second-order valence-electron chi connectivity index (χ2n) is 7.49. The highest BCUT2D eigenvalue weighted by atomic mass is 16.5. The minimum atomic E-state index is -0.946. The lowest BCUT2D eigenvalue weighted by molar-refractivity contribution is -0.147. The van der Waals surface area contributed by atoms with Crippen LogP contribution in [0.15, 0.2) is 24.3 Å². The largest absolute Gasteiger partial charge is 0.467 e. The summed E-state index contributed by atoms with van der Waals surface area (Å²) in [6, 6.07) is -2.86. The SMILES string of the molecule is C=CCNC(=O)NC1CCN(C(=O)C=C(C)C)C1C(=O)NC(C(=O)OC)C(C)C. The number of urea groups is 1. The van der Waals surface area contributed by atoms with Crippen molar-refractivity contribution in [2.75, 3.05) is 20.2 Å². The van der Waals surface area contributed by atoms with Crippen molar-refractivity contribution in [2.24, 2.45) is 5.92 Å². The number of nitrogens with one attached hydrogen (secondary N) is 3. The number of likely N-dealkylation sites (tertiary alicyclic amines) is 1. The van der Waals surface area contributed by atoms with Gasteiger partial charge >= 0.3 is 12.0 Å². The lowest BCUT2D eigenvalue weighted by atomic mass is 10.0. The molecule has 3 atom stereocenters. The predicted molar refractivity (Wildman–Crippen MR) is 109 cm³/mol. The highest BCUT2D eigenvalue weighted by molar-refractivity contribution is 5.96. The first kappa shape index (κ1) is 24.2. The van der Waals surface area contributed by atoms with E-state index in [1.807, 2.05) is 0 Å². The third-order valence-corrected chi connectivity index (χ3v) is 4.50. The zero-order valence-electron chi connectivity index (χ0n) is 17.8. The van der Waals surface area contributed by atoms with Crippen LogP contribution in [0.1, 0.15) is 34.1 Å². The normalized spacial score (nSPS) is 19.2. The number of nitrogens with zero attached hydrogens (tertiary/aromatic N) is 1. The lowest BCUT2D eigenvalue weighted by Gasteiger charge is -2.29. The van der Waals surface area contributed by atoms with Gasteiger partial charge in [0.2, 0.25) is 11.8 Å². The summed E-state index contributed by atoms with van der Waals surface area (Å²) in [6.07, 6.45) is 3.39. The van der Waals surface area contributed by atoms with E-state index in [0.29, 0.717) is 13.0 Å². The molecule has 162 valence electrons. The molecule has 0 radical (unpaired) electrons. The van der Waals surface area contributed by atoms with Crippen LogP contribution >= 0.6 is 0 Å². The smallest absolute Gasteiger partial charge is 0.328 e. The molecule has 1 fully saturated rings. The van der Waals surface area contributed by atoms with Gasteiger partial charge in [0.1, 0.15) is 12.1 Å². The fraction of sp³-hybridized carbons (Fsp3) is 0.600. The second kappa shape index (κ2) is 11.2. The summed E-state index contributed by atoms with van der Waals surface area (Å²) < 4.78 is 4.77. The number of hydrogen-bond acceptors (Lipinski definition) is 5. The quantitative estimate of drug-likeness (QED) is 0.311. The highest BCUT2D eigenvalue weighted by Crippen LogP contribution is 2.20. The van der Waals surface area contributed by atoms with Crippen molar-refractivity contribution < 1.29 is 23.9 Å². The summed E-state index contributed by atoms with van der Waals surface area (Å²) in [6.45, 7) is 11.2. The molecule has 1 aliphatic rings. The Morgan fingerprint density at radius 2 is 1.90 bits per heavy atom. The van der Waals surface area contributed by atoms with Gasteiger partial charge in [0.15, 0.2) is 0 Å². The lowest BCUT2D eigenvalue weighted by Crippen LogP contribution is -2.58. The molecule has 1 aliphatic heterocycles. The molecule has 1 heterocycles. The Bertz CT molecular complexity index is 670. The number of carbonyl (C=O) groups is 4. The summed E-state index contributed by atoms with van der Waals surface area (Å²) >= 11 is 0. The molecule has 0 aromatic carbocycles. The molecule has 3 N–H and O–H groups in total. The molecular weight excluding hydrogens is 376 g/mol.